The predicted molar refractivity (Wildman–Crippen MR) is 60.8 cm³/mol. The molecule has 0 fully saturated rings. The maximum absolute atomic E-state index is 6.57. The zero-order valence-corrected chi connectivity index (χ0v) is 9.82. The van der Waals surface area contributed by atoms with Crippen LogP contribution in [-0.4, -0.2) is 52.7 Å². The summed E-state index contributed by atoms with van der Waals surface area (Å²) in [6.45, 7) is 4.91. The lowest BCUT2D eigenvalue weighted by Crippen LogP contribution is -2.11. The van der Waals surface area contributed by atoms with Gasteiger partial charge in [0.2, 0.25) is 0 Å². The van der Waals surface area contributed by atoms with E-state index in [4.69, 9.17) is 25.5 Å². The lowest BCUT2D eigenvalue weighted by molar-refractivity contribution is 0.0142. The Balaban J connectivity index is 2.85. The van der Waals surface area contributed by atoms with E-state index in [0.717, 1.165) is 12.8 Å². The van der Waals surface area contributed by atoms with Gasteiger partial charge in [0.1, 0.15) is 0 Å². The highest BCUT2D eigenvalue weighted by molar-refractivity contribution is 4.39. The van der Waals surface area contributed by atoms with Gasteiger partial charge in [0.15, 0.2) is 0 Å². The Kier molecular flexibility index (Phi) is 13.9. The molecular formula is C10H23N3O3. The first-order valence-electron chi connectivity index (χ1n) is 5.68. The maximum Gasteiger partial charge on any atom is 0.0701 e. The van der Waals surface area contributed by atoms with Gasteiger partial charge < -0.3 is 19.9 Å². The van der Waals surface area contributed by atoms with E-state index in [1.54, 1.807) is 0 Å². The van der Waals surface area contributed by atoms with Crippen LogP contribution in [0.3, 0.4) is 0 Å². The zero-order chi connectivity index (χ0) is 11.9. The Bertz CT molecular complexity index is 147. The van der Waals surface area contributed by atoms with Crippen LogP contribution in [0.25, 0.3) is 0 Å². The summed E-state index contributed by atoms with van der Waals surface area (Å²) < 4.78 is 15.8. The third-order valence-corrected chi connectivity index (χ3v) is 1.80. The number of rotatable bonds is 13. The molecule has 0 radical (unpaired) electrons. The molecular weight excluding hydrogens is 210 g/mol. The van der Waals surface area contributed by atoms with Crippen molar-refractivity contribution in [2.75, 3.05) is 52.7 Å². The molecule has 6 heteroatoms. The van der Waals surface area contributed by atoms with Crippen molar-refractivity contribution in [3.63, 3.8) is 0 Å². The number of nitrogens with two attached hydrogens (primary N) is 1. The SMILES string of the molecule is N=NCCCOCCOCCOCCCN. The third kappa shape index (κ3) is 13.4. The van der Waals surface area contributed by atoms with Crippen LogP contribution in [0.15, 0.2) is 5.11 Å². The Morgan fingerprint density at radius 2 is 1.31 bits per heavy atom. The van der Waals surface area contributed by atoms with Gasteiger partial charge in [0.05, 0.1) is 33.0 Å². The van der Waals surface area contributed by atoms with E-state index in [0.29, 0.717) is 52.7 Å². The highest BCUT2D eigenvalue weighted by Gasteiger charge is 1.91. The fourth-order valence-corrected chi connectivity index (χ4v) is 0.973. The van der Waals surface area contributed by atoms with Gasteiger partial charge in [-0.1, -0.05) is 0 Å². The summed E-state index contributed by atoms with van der Waals surface area (Å²) in [7, 11) is 0. The summed E-state index contributed by atoms with van der Waals surface area (Å²) in [5.74, 6) is 0. The second-order valence-electron chi connectivity index (χ2n) is 3.21. The highest BCUT2D eigenvalue weighted by Crippen LogP contribution is 1.85. The molecule has 96 valence electrons. The molecule has 0 aromatic carbocycles. The van der Waals surface area contributed by atoms with Crippen molar-refractivity contribution in [1.82, 2.24) is 0 Å². The second kappa shape index (κ2) is 14.4. The van der Waals surface area contributed by atoms with Crippen molar-refractivity contribution in [3.05, 3.63) is 0 Å². The molecule has 0 aliphatic heterocycles. The fourth-order valence-electron chi connectivity index (χ4n) is 0.973. The summed E-state index contributed by atoms with van der Waals surface area (Å²) in [6, 6.07) is 0. The topological polar surface area (TPSA) is 89.9 Å². The molecule has 0 unspecified atom stereocenters. The van der Waals surface area contributed by atoms with E-state index in [9.17, 15) is 0 Å². The standard InChI is InChI=1S/C10H23N3O3/c11-3-1-5-14-7-9-16-10-8-15-6-2-4-13-12/h12H,1-11H2. The largest absolute Gasteiger partial charge is 0.379 e. The highest BCUT2D eigenvalue weighted by atomic mass is 16.5. The molecule has 0 aromatic heterocycles. The quantitative estimate of drug-likeness (QED) is 0.364. The number of ether oxygens (including phenoxy) is 3. The molecule has 0 amide bonds. The van der Waals surface area contributed by atoms with Crippen molar-refractivity contribution in [2.24, 2.45) is 10.8 Å². The Hall–Kier alpha value is -0.560. The van der Waals surface area contributed by atoms with E-state index in [2.05, 4.69) is 5.11 Å². The van der Waals surface area contributed by atoms with Gasteiger partial charge in [-0.15, -0.1) is 0 Å². The molecule has 6 nitrogen and oxygen atoms in total. The van der Waals surface area contributed by atoms with E-state index in [1.165, 1.54) is 0 Å². The van der Waals surface area contributed by atoms with Crippen LogP contribution < -0.4 is 5.73 Å². The molecule has 0 saturated heterocycles. The van der Waals surface area contributed by atoms with Crippen LogP contribution in [0.5, 0.6) is 0 Å². The first kappa shape index (κ1) is 15.4. The van der Waals surface area contributed by atoms with Gasteiger partial charge in [-0.05, 0) is 19.4 Å². The van der Waals surface area contributed by atoms with E-state index >= 15 is 0 Å². The molecule has 0 heterocycles. The summed E-state index contributed by atoms with van der Waals surface area (Å²) in [6.07, 6.45) is 1.69. The monoisotopic (exact) mass is 233 g/mol. The first-order valence-corrected chi connectivity index (χ1v) is 5.68. The maximum atomic E-state index is 6.57. The minimum absolute atomic E-state index is 0.538. The molecule has 0 saturated carbocycles. The van der Waals surface area contributed by atoms with Gasteiger partial charge in [-0.25, -0.2) is 5.53 Å². The minimum Gasteiger partial charge on any atom is -0.379 e. The van der Waals surface area contributed by atoms with E-state index in [-0.39, 0.29) is 0 Å². The minimum atomic E-state index is 0.538. The number of hydrogen-bond acceptors (Lipinski definition) is 6. The van der Waals surface area contributed by atoms with Crippen LogP contribution >= 0.6 is 0 Å². The van der Waals surface area contributed by atoms with Gasteiger partial charge in [0.25, 0.3) is 0 Å². The van der Waals surface area contributed by atoms with Crippen molar-refractivity contribution in [2.45, 2.75) is 12.8 Å². The van der Waals surface area contributed by atoms with E-state index in [1.807, 2.05) is 0 Å². The average molecular weight is 233 g/mol. The Morgan fingerprint density at radius 1 is 0.812 bits per heavy atom. The van der Waals surface area contributed by atoms with Crippen molar-refractivity contribution in [1.29, 1.82) is 5.53 Å². The van der Waals surface area contributed by atoms with Gasteiger partial charge in [-0.3, -0.25) is 0 Å². The summed E-state index contributed by atoms with van der Waals surface area (Å²) >= 11 is 0. The first-order chi connectivity index (χ1) is 7.91. The van der Waals surface area contributed by atoms with Crippen molar-refractivity contribution >= 4 is 0 Å². The number of nitrogens with one attached hydrogen (secondary N) is 1. The lowest BCUT2D eigenvalue weighted by Gasteiger charge is -2.05. The van der Waals surface area contributed by atoms with Gasteiger partial charge >= 0.3 is 0 Å². The Labute approximate surface area is 96.9 Å². The third-order valence-electron chi connectivity index (χ3n) is 1.80. The van der Waals surface area contributed by atoms with Crippen LogP contribution in [0.2, 0.25) is 0 Å². The lowest BCUT2D eigenvalue weighted by atomic mass is 10.5. The second-order valence-corrected chi connectivity index (χ2v) is 3.21. The fraction of sp³-hybridized carbons (Fsp3) is 1.00. The molecule has 3 N–H and O–H groups in total. The predicted octanol–water partition coefficient (Wildman–Crippen LogP) is 0.806. The molecule has 16 heavy (non-hydrogen) atoms. The summed E-state index contributed by atoms with van der Waals surface area (Å²) in [5.41, 5.74) is 11.9. The number of hydrogen-bond donors (Lipinski definition) is 2. The molecule has 0 bridgehead atoms. The molecule has 0 atom stereocenters. The summed E-state index contributed by atoms with van der Waals surface area (Å²) in [5, 5.41) is 3.23. The average Bonchev–Trinajstić information content (AvgIpc) is 2.31. The summed E-state index contributed by atoms with van der Waals surface area (Å²) in [4.78, 5) is 0. The van der Waals surface area contributed by atoms with Crippen LogP contribution in [0.4, 0.5) is 0 Å². The van der Waals surface area contributed by atoms with E-state index < -0.39 is 0 Å². The van der Waals surface area contributed by atoms with Crippen molar-refractivity contribution in [3.8, 4) is 0 Å². The van der Waals surface area contributed by atoms with Crippen LogP contribution in [-0.2, 0) is 14.2 Å². The van der Waals surface area contributed by atoms with Gasteiger partial charge in [0, 0.05) is 13.2 Å². The zero-order valence-electron chi connectivity index (χ0n) is 9.82. The smallest absolute Gasteiger partial charge is 0.0701 e. The van der Waals surface area contributed by atoms with Gasteiger partial charge in [-0.2, -0.15) is 5.11 Å². The van der Waals surface area contributed by atoms with Crippen LogP contribution in [0.1, 0.15) is 12.8 Å². The molecule has 0 aliphatic rings. The Morgan fingerprint density at radius 3 is 1.81 bits per heavy atom. The molecule has 0 aliphatic carbocycles. The van der Waals surface area contributed by atoms with Crippen LogP contribution in [0, 0.1) is 5.53 Å². The molecule has 0 spiro atoms. The van der Waals surface area contributed by atoms with Crippen molar-refractivity contribution < 1.29 is 14.2 Å². The molecule has 0 aromatic rings. The normalized spacial score (nSPS) is 10.6. The molecule has 0 rings (SSSR count). The number of nitrogens with zero attached hydrogens (tertiary/aromatic N) is 1.